The van der Waals surface area contributed by atoms with Crippen molar-refractivity contribution in [1.29, 1.82) is 0 Å². The van der Waals surface area contributed by atoms with Gasteiger partial charge >= 0.3 is 0 Å². The van der Waals surface area contributed by atoms with E-state index >= 15 is 0 Å². The second-order valence-corrected chi connectivity index (χ2v) is 7.44. The van der Waals surface area contributed by atoms with Gasteiger partial charge in [-0.25, -0.2) is 12.8 Å². The highest BCUT2D eigenvalue weighted by atomic mass is 32.2. The van der Waals surface area contributed by atoms with Crippen LogP contribution in [0.4, 0.5) is 4.39 Å². The number of aliphatic hydroxyl groups is 1. The van der Waals surface area contributed by atoms with Crippen molar-refractivity contribution in [3.05, 3.63) is 29.1 Å². The molecule has 1 aliphatic heterocycles. The lowest BCUT2D eigenvalue weighted by Crippen LogP contribution is -2.45. The molecule has 1 aromatic rings. The maximum Gasteiger partial charge on any atom is 0.243 e. The smallest absolute Gasteiger partial charge is 0.243 e. The van der Waals surface area contributed by atoms with Crippen molar-refractivity contribution in [2.45, 2.75) is 38.2 Å². The average molecular weight is 301 g/mol. The first-order valence-corrected chi connectivity index (χ1v) is 8.12. The van der Waals surface area contributed by atoms with E-state index in [4.69, 9.17) is 0 Å². The highest BCUT2D eigenvalue weighted by molar-refractivity contribution is 7.89. The van der Waals surface area contributed by atoms with Gasteiger partial charge in [0.1, 0.15) is 5.82 Å². The molecule has 2 atom stereocenters. The summed E-state index contributed by atoms with van der Waals surface area (Å²) in [4.78, 5) is 0.183. The van der Waals surface area contributed by atoms with E-state index in [0.29, 0.717) is 30.6 Å². The van der Waals surface area contributed by atoms with Crippen LogP contribution in [0.5, 0.6) is 0 Å². The van der Waals surface area contributed by atoms with Gasteiger partial charge in [0.05, 0.1) is 11.0 Å². The molecule has 0 saturated carbocycles. The molecular weight excluding hydrogens is 281 g/mol. The monoisotopic (exact) mass is 301 g/mol. The third-order valence-corrected chi connectivity index (χ3v) is 6.02. The van der Waals surface area contributed by atoms with E-state index in [0.717, 1.165) is 0 Å². The van der Waals surface area contributed by atoms with Crippen LogP contribution in [0, 0.1) is 25.6 Å². The van der Waals surface area contributed by atoms with Gasteiger partial charge in [-0.2, -0.15) is 4.31 Å². The van der Waals surface area contributed by atoms with Gasteiger partial charge in [0.25, 0.3) is 0 Å². The minimum absolute atomic E-state index is 0.0976. The molecule has 0 aliphatic carbocycles. The van der Waals surface area contributed by atoms with Gasteiger partial charge in [0.2, 0.25) is 10.0 Å². The van der Waals surface area contributed by atoms with Crippen molar-refractivity contribution in [3.8, 4) is 0 Å². The summed E-state index contributed by atoms with van der Waals surface area (Å²) >= 11 is 0. The number of sulfonamides is 1. The number of halogens is 1. The van der Waals surface area contributed by atoms with E-state index in [1.807, 2.05) is 6.92 Å². The maximum atomic E-state index is 13.3. The lowest BCUT2D eigenvalue weighted by atomic mass is 9.99. The lowest BCUT2D eigenvalue weighted by Gasteiger charge is -2.34. The Morgan fingerprint density at radius 2 is 1.85 bits per heavy atom. The standard InChI is InChI=1S/C14H20FNO3S/c1-9-6-12(15)7-10(2)14(9)20(18,19)16-5-4-13(17)11(3)8-16/h6-7,11,13,17H,4-5,8H2,1-3H3. The molecule has 1 fully saturated rings. The molecule has 0 aromatic heterocycles. The van der Waals surface area contributed by atoms with Gasteiger partial charge in [-0.3, -0.25) is 0 Å². The third kappa shape index (κ3) is 2.73. The van der Waals surface area contributed by atoms with Gasteiger partial charge < -0.3 is 5.11 Å². The Morgan fingerprint density at radius 3 is 2.35 bits per heavy atom. The molecule has 4 nitrogen and oxygen atoms in total. The molecular formula is C14H20FNO3S. The first-order valence-electron chi connectivity index (χ1n) is 6.68. The van der Waals surface area contributed by atoms with Gasteiger partial charge in [0, 0.05) is 13.1 Å². The Hall–Kier alpha value is -0.980. The minimum Gasteiger partial charge on any atom is -0.393 e. The van der Waals surface area contributed by atoms with Crippen LogP contribution < -0.4 is 0 Å². The SMILES string of the molecule is Cc1cc(F)cc(C)c1S(=O)(=O)N1CCC(O)C(C)C1. The molecule has 1 aliphatic rings. The zero-order valence-electron chi connectivity index (χ0n) is 11.9. The van der Waals surface area contributed by atoms with Gasteiger partial charge in [-0.15, -0.1) is 0 Å². The Balaban J connectivity index is 2.41. The van der Waals surface area contributed by atoms with Crippen LogP contribution in [-0.2, 0) is 10.0 Å². The number of aryl methyl sites for hydroxylation is 2. The summed E-state index contributed by atoms with van der Waals surface area (Å²) < 4.78 is 40.1. The fraction of sp³-hybridized carbons (Fsp3) is 0.571. The van der Waals surface area contributed by atoms with Crippen LogP contribution >= 0.6 is 0 Å². The van der Waals surface area contributed by atoms with Crippen molar-refractivity contribution in [3.63, 3.8) is 0 Å². The van der Waals surface area contributed by atoms with Crippen LogP contribution in [0.15, 0.2) is 17.0 Å². The zero-order chi connectivity index (χ0) is 15.1. The van der Waals surface area contributed by atoms with Crippen LogP contribution in [0.3, 0.4) is 0 Å². The topological polar surface area (TPSA) is 57.6 Å². The molecule has 0 bridgehead atoms. The number of piperidine rings is 1. The number of rotatable bonds is 2. The quantitative estimate of drug-likeness (QED) is 0.906. The number of hydrogen-bond acceptors (Lipinski definition) is 3. The van der Waals surface area contributed by atoms with E-state index in [9.17, 15) is 17.9 Å². The molecule has 6 heteroatoms. The zero-order valence-corrected chi connectivity index (χ0v) is 12.7. The Labute approximate surface area is 119 Å². The fourth-order valence-electron chi connectivity index (χ4n) is 2.75. The van der Waals surface area contributed by atoms with Crippen molar-refractivity contribution < 1.29 is 17.9 Å². The fourth-order valence-corrected chi connectivity index (χ4v) is 4.71. The van der Waals surface area contributed by atoms with Gasteiger partial charge in [-0.05, 0) is 49.4 Å². The highest BCUT2D eigenvalue weighted by Crippen LogP contribution is 2.28. The number of benzene rings is 1. The highest BCUT2D eigenvalue weighted by Gasteiger charge is 2.34. The molecule has 2 rings (SSSR count). The first kappa shape index (κ1) is 15.4. The molecule has 0 spiro atoms. The molecule has 0 amide bonds. The van der Waals surface area contributed by atoms with Gasteiger partial charge in [0.15, 0.2) is 0 Å². The summed E-state index contributed by atoms with van der Waals surface area (Å²) in [5, 5.41) is 9.71. The molecule has 2 unspecified atom stereocenters. The molecule has 1 aromatic carbocycles. The molecule has 1 N–H and O–H groups in total. The van der Waals surface area contributed by atoms with Gasteiger partial charge in [-0.1, -0.05) is 6.92 Å². The van der Waals surface area contributed by atoms with Crippen LogP contribution in [0.2, 0.25) is 0 Å². The number of nitrogens with zero attached hydrogens (tertiary/aromatic N) is 1. The first-order chi connectivity index (χ1) is 9.23. The average Bonchev–Trinajstić information content (AvgIpc) is 2.30. The molecule has 0 radical (unpaired) electrons. The number of aliphatic hydroxyl groups excluding tert-OH is 1. The second-order valence-electron chi connectivity index (χ2n) is 5.57. The normalized spacial score (nSPS) is 24.9. The van der Waals surface area contributed by atoms with E-state index in [-0.39, 0.29) is 10.8 Å². The van der Waals surface area contributed by atoms with Crippen molar-refractivity contribution >= 4 is 10.0 Å². The van der Waals surface area contributed by atoms with Crippen molar-refractivity contribution in [2.24, 2.45) is 5.92 Å². The molecule has 1 saturated heterocycles. The summed E-state index contributed by atoms with van der Waals surface area (Å²) in [5.41, 5.74) is 0.836. The molecule has 1 heterocycles. The van der Waals surface area contributed by atoms with Crippen LogP contribution in [0.25, 0.3) is 0 Å². The second kappa shape index (κ2) is 5.42. The van der Waals surface area contributed by atoms with Crippen molar-refractivity contribution in [1.82, 2.24) is 4.31 Å². The predicted octanol–water partition coefficient (Wildman–Crippen LogP) is 1.83. The third-order valence-electron chi connectivity index (χ3n) is 3.85. The summed E-state index contributed by atoms with van der Waals surface area (Å²) in [6.45, 7) is 5.62. The predicted molar refractivity (Wildman–Crippen MR) is 74.4 cm³/mol. The molecule has 112 valence electrons. The lowest BCUT2D eigenvalue weighted by molar-refractivity contribution is 0.0628. The van der Waals surface area contributed by atoms with Crippen LogP contribution in [0.1, 0.15) is 24.5 Å². The summed E-state index contributed by atoms with van der Waals surface area (Å²) in [6.07, 6.45) is -0.0310. The van der Waals surface area contributed by atoms with E-state index in [1.54, 1.807) is 13.8 Å². The number of hydrogen-bond donors (Lipinski definition) is 1. The Bertz CT molecular complexity index is 592. The summed E-state index contributed by atoms with van der Waals surface area (Å²) in [6, 6.07) is 2.48. The Kier molecular flexibility index (Phi) is 4.18. The van der Waals surface area contributed by atoms with Crippen molar-refractivity contribution in [2.75, 3.05) is 13.1 Å². The maximum absolute atomic E-state index is 13.3. The Morgan fingerprint density at radius 1 is 1.30 bits per heavy atom. The summed E-state index contributed by atoms with van der Waals surface area (Å²) in [7, 11) is -3.64. The van der Waals surface area contributed by atoms with E-state index in [1.165, 1.54) is 16.4 Å². The molecule has 20 heavy (non-hydrogen) atoms. The van der Waals surface area contributed by atoms with E-state index in [2.05, 4.69) is 0 Å². The van der Waals surface area contributed by atoms with E-state index < -0.39 is 21.9 Å². The minimum atomic E-state index is -3.64. The largest absolute Gasteiger partial charge is 0.393 e. The summed E-state index contributed by atoms with van der Waals surface area (Å²) in [5.74, 6) is -0.527. The van der Waals surface area contributed by atoms with Crippen LogP contribution in [-0.4, -0.2) is 37.0 Å².